The van der Waals surface area contributed by atoms with E-state index in [9.17, 15) is 5.11 Å². The van der Waals surface area contributed by atoms with Crippen molar-refractivity contribution in [1.82, 2.24) is 0 Å². The average molecular weight is 112 g/mol. The molecule has 1 heteroatoms. The molecule has 0 heterocycles. The van der Waals surface area contributed by atoms with Crippen LogP contribution in [0.4, 0.5) is 0 Å². The zero-order valence-corrected chi connectivity index (χ0v) is 5.17. The summed E-state index contributed by atoms with van der Waals surface area (Å²) in [7, 11) is 0. The van der Waals surface area contributed by atoms with Crippen molar-refractivity contribution < 1.29 is 5.11 Å². The first kappa shape index (κ1) is 4.80. The summed E-state index contributed by atoms with van der Waals surface area (Å²) in [4.78, 5) is 0. The Hall–Kier alpha value is -0.0400. The Labute approximate surface area is 49.7 Å². The smallest absolute Gasteiger partial charge is 0.0573 e. The molecule has 2 aliphatic carbocycles. The highest BCUT2D eigenvalue weighted by Crippen LogP contribution is 2.56. The Balaban J connectivity index is 2.07. The number of rotatable bonds is 0. The van der Waals surface area contributed by atoms with E-state index in [-0.39, 0.29) is 6.10 Å². The summed E-state index contributed by atoms with van der Waals surface area (Å²) in [6, 6.07) is 0. The van der Waals surface area contributed by atoms with E-state index in [1.165, 1.54) is 6.42 Å². The van der Waals surface area contributed by atoms with Gasteiger partial charge in [0.05, 0.1) is 6.10 Å². The number of aliphatic hydroxyl groups is 1. The Morgan fingerprint density at radius 1 is 1.38 bits per heavy atom. The molecule has 0 bridgehead atoms. The molecule has 2 rings (SSSR count). The van der Waals surface area contributed by atoms with Crippen LogP contribution in [0.1, 0.15) is 19.8 Å². The topological polar surface area (TPSA) is 20.2 Å². The largest absolute Gasteiger partial charge is 0.393 e. The summed E-state index contributed by atoms with van der Waals surface area (Å²) in [5, 5.41) is 9.21. The van der Waals surface area contributed by atoms with Crippen LogP contribution < -0.4 is 0 Å². The van der Waals surface area contributed by atoms with E-state index in [1.54, 1.807) is 0 Å². The van der Waals surface area contributed by atoms with E-state index in [2.05, 4.69) is 6.92 Å². The van der Waals surface area contributed by atoms with Gasteiger partial charge in [0.15, 0.2) is 0 Å². The molecule has 0 aromatic heterocycles. The van der Waals surface area contributed by atoms with Gasteiger partial charge in [-0.2, -0.15) is 0 Å². The fraction of sp³-hybridized carbons (Fsp3) is 1.00. The molecule has 0 aromatic carbocycles. The van der Waals surface area contributed by atoms with Crippen molar-refractivity contribution in [3.63, 3.8) is 0 Å². The van der Waals surface area contributed by atoms with Gasteiger partial charge in [0.25, 0.3) is 0 Å². The summed E-state index contributed by atoms with van der Waals surface area (Å²) in [5.74, 6) is 2.46. The van der Waals surface area contributed by atoms with E-state index in [4.69, 9.17) is 0 Å². The molecule has 0 spiro atoms. The molecule has 46 valence electrons. The van der Waals surface area contributed by atoms with Crippen LogP contribution in [-0.2, 0) is 0 Å². The van der Waals surface area contributed by atoms with Crippen LogP contribution in [0.5, 0.6) is 0 Å². The molecule has 0 aromatic rings. The van der Waals surface area contributed by atoms with Gasteiger partial charge >= 0.3 is 0 Å². The number of hydrogen-bond acceptors (Lipinski definition) is 1. The average Bonchev–Trinajstić information content (AvgIpc) is 2.13. The molecule has 1 N–H and O–H groups in total. The van der Waals surface area contributed by atoms with Gasteiger partial charge in [-0.1, -0.05) is 6.92 Å². The maximum Gasteiger partial charge on any atom is 0.0573 e. The number of hydrogen-bond donors (Lipinski definition) is 1. The summed E-state index contributed by atoms with van der Waals surface area (Å²) in [6.07, 6.45) is 2.42. The van der Waals surface area contributed by atoms with Crippen molar-refractivity contribution in [3.05, 3.63) is 0 Å². The lowest BCUT2D eigenvalue weighted by atomic mass is 10.1. The van der Waals surface area contributed by atoms with Gasteiger partial charge in [-0.25, -0.2) is 0 Å². The van der Waals surface area contributed by atoms with E-state index in [1.807, 2.05) is 0 Å². The quantitative estimate of drug-likeness (QED) is 0.496. The van der Waals surface area contributed by atoms with Crippen LogP contribution in [0.15, 0.2) is 0 Å². The SMILES string of the molecule is CC1C2CCC(O)C12. The van der Waals surface area contributed by atoms with Crippen LogP contribution in [0.3, 0.4) is 0 Å². The van der Waals surface area contributed by atoms with Gasteiger partial charge in [0.2, 0.25) is 0 Å². The zero-order chi connectivity index (χ0) is 5.72. The summed E-state index contributed by atoms with van der Waals surface area (Å²) in [6.45, 7) is 2.25. The second-order valence-corrected chi connectivity index (χ2v) is 3.25. The number of fused-ring (bicyclic) bond motifs is 1. The Bertz CT molecular complexity index is 109. The van der Waals surface area contributed by atoms with Crippen LogP contribution in [0, 0.1) is 17.8 Å². The van der Waals surface area contributed by atoms with Gasteiger partial charge in [-0.15, -0.1) is 0 Å². The highest BCUT2D eigenvalue weighted by atomic mass is 16.3. The third-order valence-electron chi connectivity index (χ3n) is 2.88. The predicted molar refractivity (Wildman–Crippen MR) is 31.4 cm³/mol. The predicted octanol–water partition coefficient (Wildman–Crippen LogP) is 1.02. The lowest BCUT2D eigenvalue weighted by Gasteiger charge is -2.01. The molecular weight excluding hydrogens is 100 g/mol. The van der Waals surface area contributed by atoms with Crippen LogP contribution >= 0.6 is 0 Å². The Morgan fingerprint density at radius 2 is 2.12 bits per heavy atom. The third kappa shape index (κ3) is 0.408. The van der Waals surface area contributed by atoms with Crippen molar-refractivity contribution in [2.24, 2.45) is 17.8 Å². The number of aliphatic hydroxyl groups excluding tert-OH is 1. The summed E-state index contributed by atoms with van der Waals surface area (Å²) >= 11 is 0. The first-order valence-corrected chi connectivity index (χ1v) is 3.49. The maximum atomic E-state index is 9.21. The van der Waals surface area contributed by atoms with Gasteiger partial charge < -0.3 is 5.11 Å². The first-order chi connectivity index (χ1) is 3.80. The van der Waals surface area contributed by atoms with E-state index in [0.29, 0.717) is 5.92 Å². The van der Waals surface area contributed by atoms with Crippen LogP contribution in [-0.4, -0.2) is 11.2 Å². The minimum Gasteiger partial charge on any atom is -0.393 e. The van der Waals surface area contributed by atoms with Crippen LogP contribution in [0.2, 0.25) is 0 Å². The molecule has 8 heavy (non-hydrogen) atoms. The molecule has 0 radical (unpaired) electrons. The summed E-state index contributed by atoms with van der Waals surface area (Å²) < 4.78 is 0. The molecular formula is C7H12O. The van der Waals surface area contributed by atoms with Crippen LogP contribution in [0.25, 0.3) is 0 Å². The zero-order valence-electron chi connectivity index (χ0n) is 5.17. The van der Waals surface area contributed by atoms with E-state index >= 15 is 0 Å². The second kappa shape index (κ2) is 1.27. The standard InChI is InChI=1S/C7H12O/c1-4-5-2-3-6(8)7(4)5/h4-8H,2-3H2,1H3. The fourth-order valence-electron chi connectivity index (χ4n) is 2.23. The van der Waals surface area contributed by atoms with Crippen molar-refractivity contribution in [3.8, 4) is 0 Å². The fourth-order valence-corrected chi connectivity index (χ4v) is 2.23. The van der Waals surface area contributed by atoms with Crippen molar-refractivity contribution in [2.75, 3.05) is 0 Å². The van der Waals surface area contributed by atoms with Gasteiger partial charge in [-0.3, -0.25) is 0 Å². The molecule has 1 nitrogen and oxygen atoms in total. The second-order valence-electron chi connectivity index (χ2n) is 3.25. The molecule has 0 saturated heterocycles. The third-order valence-corrected chi connectivity index (χ3v) is 2.88. The maximum absolute atomic E-state index is 9.21. The van der Waals surface area contributed by atoms with Crippen molar-refractivity contribution in [2.45, 2.75) is 25.9 Å². The summed E-state index contributed by atoms with van der Waals surface area (Å²) in [5.41, 5.74) is 0. The van der Waals surface area contributed by atoms with Crippen molar-refractivity contribution in [1.29, 1.82) is 0 Å². The minimum atomic E-state index is 0.0648. The van der Waals surface area contributed by atoms with E-state index in [0.717, 1.165) is 18.3 Å². The molecule has 2 aliphatic rings. The lowest BCUT2D eigenvalue weighted by molar-refractivity contribution is 0.152. The lowest BCUT2D eigenvalue weighted by Crippen LogP contribution is -2.05. The molecule has 0 aliphatic heterocycles. The first-order valence-electron chi connectivity index (χ1n) is 3.49. The monoisotopic (exact) mass is 112 g/mol. The van der Waals surface area contributed by atoms with Gasteiger partial charge in [0.1, 0.15) is 0 Å². The molecule has 2 saturated carbocycles. The van der Waals surface area contributed by atoms with Crippen molar-refractivity contribution >= 4 is 0 Å². The minimum absolute atomic E-state index is 0.0648. The molecule has 0 amide bonds. The molecule has 4 atom stereocenters. The Kier molecular flexibility index (Phi) is 0.762. The highest BCUT2D eigenvalue weighted by molar-refractivity contribution is 5.03. The molecule has 2 fully saturated rings. The normalized spacial score (nSPS) is 60.8. The Morgan fingerprint density at radius 3 is 2.38 bits per heavy atom. The van der Waals surface area contributed by atoms with Gasteiger partial charge in [-0.05, 0) is 30.6 Å². The van der Waals surface area contributed by atoms with Gasteiger partial charge in [0, 0.05) is 0 Å². The highest BCUT2D eigenvalue weighted by Gasteiger charge is 2.54. The van der Waals surface area contributed by atoms with E-state index < -0.39 is 0 Å². The molecule has 4 unspecified atom stereocenters.